The van der Waals surface area contributed by atoms with Crippen molar-refractivity contribution in [2.24, 2.45) is 14.1 Å². The second-order valence-electron chi connectivity index (χ2n) is 7.13. The summed E-state index contributed by atoms with van der Waals surface area (Å²) in [7, 11) is 7.99. The Hall–Kier alpha value is -3.94. The topological polar surface area (TPSA) is 83.7 Å². The molecule has 0 unspecified atom stereocenters. The van der Waals surface area contributed by atoms with E-state index >= 15 is 0 Å². The van der Waals surface area contributed by atoms with Crippen LogP contribution in [-0.4, -0.2) is 36.4 Å². The first-order chi connectivity index (χ1) is 14.9. The van der Waals surface area contributed by atoms with Gasteiger partial charge in [-0.25, -0.2) is 0 Å². The predicted octanol–water partition coefficient (Wildman–Crippen LogP) is 3.31. The molecule has 31 heavy (non-hydrogen) atoms. The highest BCUT2D eigenvalue weighted by Gasteiger charge is 2.21. The number of hydrogen-bond donors (Lipinski definition) is 1. The van der Waals surface area contributed by atoms with Gasteiger partial charge in [0.05, 0.1) is 26.9 Å². The molecule has 0 saturated heterocycles. The lowest BCUT2D eigenvalue weighted by atomic mass is 10.1. The third kappa shape index (κ3) is 3.16. The van der Waals surface area contributed by atoms with Crippen molar-refractivity contribution >= 4 is 33.4 Å². The summed E-state index contributed by atoms with van der Waals surface area (Å²) in [5.41, 5.74) is 2.05. The number of pyridine rings is 1. The minimum atomic E-state index is -0.355. The summed E-state index contributed by atoms with van der Waals surface area (Å²) in [5, 5.41) is 4.35. The lowest BCUT2D eigenvalue weighted by molar-refractivity contribution is 0.102. The lowest BCUT2D eigenvalue weighted by Crippen LogP contribution is -2.22. The molecule has 2 aromatic carbocycles. The van der Waals surface area contributed by atoms with Crippen LogP contribution in [0, 0.1) is 0 Å². The number of aryl methyl sites for hydroxylation is 2. The molecule has 0 bridgehead atoms. The SMILES string of the molecule is COc1cc(NC(=O)c2cn(C)c(=O)c3c2c2ccccc2n3C)cc(OC)c1OC. The number of nitrogens with zero attached hydrogens (tertiary/aromatic N) is 2. The van der Waals surface area contributed by atoms with Gasteiger partial charge in [0, 0.05) is 54.4 Å². The number of rotatable bonds is 5. The molecule has 8 nitrogen and oxygen atoms in total. The summed E-state index contributed by atoms with van der Waals surface area (Å²) in [4.78, 5) is 26.2. The summed E-state index contributed by atoms with van der Waals surface area (Å²) in [5.74, 6) is 0.925. The maximum atomic E-state index is 13.3. The summed E-state index contributed by atoms with van der Waals surface area (Å²) in [6.45, 7) is 0. The molecule has 160 valence electrons. The molecule has 2 heterocycles. The van der Waals surface area contributed by atoms with Crippen LogP contribution >= 0.6 is 0 Å². The van der Waals surface area contributed by atoms with Crippen molar-refractivity contribution in [1.29, 1.82) is 0 Å². The fourth-order valence-electron chi connectivity index (χ4n) is 3.92. The van der Waals surface area contributed by atoms with Gasteiger partial charge >= 0.3 is 0 Å². The smallest absolute Gasteiger partial charge is 0.274 e. The molecule has 4 aromatic rings. The quantitative estimate of drug-likeness (QED) is 0.535. The van der Waals surface area contributed by atoms with Gasteiger partial charge in [-0.2, -0.15) is 0 Å². The van der Waals surface area contributed by atoms with E-state index in [1.807, 2.05) is 35.9 Å². The fraction of sp³-hybridized carbons (Fsp3) is 0.217. The van der Waals surface area contributed by atoms with Gasteiger partial charge in [-0.1, -0.05) is 18.2 Å². The van der Waals surface area contributed by atoms with Crippen LogP contribution in [0.3, 0.4) is 0 Å². The number of carbonyl (C=O) groups is 1. The number of fused-ring (bicyclic) bond motifs is 3. The number of benzene rings is 2. The Labute approximate surface area is 178 Å². The summed E-state index contributed by atoms with van der Waals surface area (Å²) in [6.07, 6.45) is 1.56. The fourth-order valence-corrected chi connectivity index (χ4v) is 3.92. The summed E-state index contributed by atoms with van der Waals surface area (Å²) in [6, 6.07) is 10.9. The van der Waals surface area contributed by atoms with Crippen molar-refractivity contribution in [3.8, 4) is 17.2 Å². The largest absolute Gasteiger partial charge is 0.493 e. The molecule has 8 heteroatoms. The highest BCUT2D eigenvalue weighted by Crippen LogP contribution is 2.40. The number of amides is 1. The molecule has 0 aliphatic carbocycles. The zero-order valence-electron chi connectivity index (χ0n) is 18.0. The van der Waals surface area contributed by atoms with E-state index in [4.69, 9.17) is 14.2 Å². The van der Waals surface area contributed by atoms with Gasteiger partial charge in [0.25, 0.3) is 11.5 Å². The molecule has 1 amide bonds. The zero-order valence-corrected chi connectivity index (χ0v) is 18.0. The maximum absolute atomic E-state index is 13.3. The van der Waals surface area contributed by atoms with E-state index in [1.165, 1.54) is 25.9 Å². The van der Waals surface area contributed by atoms with Gasteiger partial charge in [-0.3, -0.25) is 9.59 Å². The molecular weight excluding hydrogens is 398 g/mol. The molecule has 0 spiro atoms. The molecular formula is C23H23N3O5. The highest BCUT2D eigenvalue weighted by atomic mass is 16.5. The molecule has 0 aliphatic heterocycles. The van der Waals surface area contributed by atoms with Crippen molar-refractivity contribution in [3.63, 3.8) is 0 Å². The standard InChI is InChI=1S/C23H23N3O5/c1-25-12-15(19-14-8-6-7-9-16(14)26(2)20(19)23(25)28)22(27)24-13-10-17(29-3)21(31-5)18(11-13)30-4/h6-12H,1-5H3,(H,24,27). The van der Waals surface area contributed by atoms with E-state index in [9.17, 15) is 9.59 Å². The minimum Gasteiger partial charge on any atom is -0.493 e. The first-order valence-corrected chi connectivity index (χ1v) is 9.59. The van der Waals surface area contributed by atoms with Crippen molar-refractivity contribution in [1.82, 2.24) is 9.13 Å². The lowest BCUT2D eigenvalue weighted by Gasteiger charge is -2.15. The molecule has 0 aliphatic rings. The Balaban J connectivity index is 1.89. The average molecular weight is 421 g/mol. The first-order valence-electron chi connectivity index (χ1n) is 9.59. The number of anilines is 1. The van der Waals surface area contributed by atoms with Crippen molar-refractivity contribution < 1.29 is 19.0 Å². The van der Waals surface area contributed by atoms with E-state index in [0.717, 1.165) is 10.9 Å². The Bertz CT molecular complexity index is 1360. The summed E-state index contributed by atoms with van der Waals surface area (Å²) >= 11 is 0. The molecule has 1 N–H and O–H groups in total. The molecule has 0 atom stereocenters. The third-order valence-electron chi connectivity index (χ3n) is 5.39. The Kier molecular flexibility index (Phi) is 5.06. The number of aromatic nitrogens is 2. The van der Waals surface area contributed by atoms with Gasteiger partial charge in [0.2, 0.25) is 5.75 Å². The third-order valence-corrected chi connectivity index (χ3v) is 5.39. The average Bonchev–Trinajstić information content (AvgIpc) is 3.08. The highest BCUT2D eigenvalue weighted by molar-refractivity contribution is 6.20. The monoisotopic (exact) mass is 421 g/mol. The van der Waals surface area contributed by atoms with Crippen molar-refractivity contribution in [2.75, 3.05) is 26.6 Å². The van der Waals surface area contributed by atoms with Crippen molar-refractivity contribution in [3.05, 3.63) is 58.5 Å². The van der Waals surface area contributed by atoms with Gasteiger partial charge < -0.3 is 28.7 Å². The normalized spacial score (nSPS) is 11.0. The Morgan fingerprint density at radius 2 is 1.61 bits per heavy atom. The van der Waals surface area contributed by atoms with Crippen molar-refractivity contribution in [2.45, 2.75) is 0 Å². The number of nitrogens with one attached hydrogen (secondary N) is 1. The molecule has 0 saturated carbocycles. The predicted molar refractivity (Wildman–Crippen MR) is 120 cm³/mol. The van der Waals surface area contributed by atoms with Crippen LogP contribution in [0.25, 0.3) is 21.8 Å². The first kappa shape index (κ1) is 20.3. The van der Waals surface area contributed by atoms with E-state index in [-0.39, 0.29) is 11.5 Å². The maximum Gasteiger partial charge on any atom is 0.274 e. The van der Waals surface area contributed by atoms with Crippen LogP contribution in [0.5, 0.6) is 17.2 Å². The number of methoxy groups -OCH3 is 3. The Morgan fingerprint density at radius 3 is 2.23 bits per heavy atom. The van der Waals surface area contributed by atoms with E-state index in [0.29, 0.717) is 39.4 Å². The van der Waals surface area contributed by atoms with Gasteiger partial charge in [0.1, 0.15) is 5.52 Å². The Morgan fingerprint density at radius 1 is 0.968 bits per heavy atom. The van der Waals surface area contributed by atoms with Crippen LogP contribution in [-0.2, 0) is 14.1 Å². The van der Waals surface area contributed by atoms with Crippen LogP contribution in [0.4, 0.5) is 5.69 Å². The second kappa shape index (κ2) is 7.71. The number of carbonyl (C=O) groups excluding carboxylic acids is 1. The van der Waals surface area contributed by atoms with Gasteiger partial charge in [-0.15, -0.1) is 0 Å². The zero-order chi connectivity index (χ0) is 22.3. The number of para-hydroxylation sites is 1. The van der Waals surface area contributed by atoms with Gasteiger partial charge in [-0.05, 0) is 6.07 Å². The van der Waals surface area contributed by atoms with Crippen LogP contribution in [0.1, 0.15) is 10.4 Å². The molecule has 0 fully saturated rings. The molecule has 2 aromatic heterocycles. The van der Waals surface area contributed by atoms with Crippen LogP contribution in [0.2, 0.25) is 0 Å². The number of hydrogen-bond acceptors (Lipinski definition) is 5. The molecule has 0 radical (unpaired) electrons. The van der Waals surface area contributed by atoms with E-state index in [2.05, 4.69) is 5.32 Å². The van der Waals surface area contributed by atoms with Crippen LogP contribution < -0.4 is 25.1 Å². The second-order valence-corrected chi connectivity index (χ2v) is 7.13. The molecule has 4 rings (SSSR count). The van der Waals surface area contributed by atoms with Crippen LogP contribution in [0.15, 0.2) is 47.4 Å². The van der Waals surface area contributed by atoms with E-state index < -0.39 is 0 Å². The van der Waals surface area contributed by atoms with Gasteiger partial charge in [0.15, 0.2) is 11.5 Å². The van der Waals surface area contributed by atoms with E-state index in [1.54, 1.807) is 25.4 Å². The minimum absolute atomic E-state index is 0.168. The number of ether oxygens (including phenoxy) is 3. The summed E-state index contributed by atoms with van der Waals surface area (Å²) < 4.78 is 19.3.